The van der Waals surface area contributed by atoms with Crippen molar-refractivity contribution in [3.63, 3.8) is 0 Å². The number of rotatable bonds is 4. The van der Waals surface area contributed by atoms with E-state index in [-0.39, 0.29) is 6.10 Å². The van der Waals surface area contributed by atoms with Gasteiger partial charge in [0.25, 0.3) is 0 Å². The van der Waals surface area contributed by atoms with Crippen molar-refractivity contribution in [1.82, 2.24) is 0 Å². The molecule has 1 N–H and O–H groups in total. The summed E-state index contributed by atoms with van der Waals surface area (Å²) in [7, 11) is 1.91. The van der Waals surface area contributed by atoms with Crippen molar-refractivity contribution in [2.45, 2.75) is 13.0 Å². The van der Waals surface area contributed by atoms with E-state index in [1.807, 2.05) is 37.4 Å². The molecule has 1 heterocycles. The van der Waals surface area contributed by atoms with Crippen molar-refractivity contribution in [2.24, 2.45) is 0 Å². The predicted octanol–water partition coefficient (Wildman–Crippen LogP) is 3.93. The molecule has 2 aromatic rings. The molecule has 0 radical (unpaired) electrons. The second kappa shape index (κ2) is 5.03. The number of hydrogen-bond donors (Lipinski definition) is 1. The highest BCUT2D eigenvalue weighted by molar-refractivity contribution is 7.10. The van der Waals surface area contributed by atoms with Gasteiger partial charge in [0, 0.05) is 17.6 Å². The summed E-state index contributed by atoms with van der Waals surface area (Å²) in [5.41, 5.74) is 1.09. The molecule has 84 valence electrons. The lowest BCUT2D eigenvalue weighted by Crippen LogP contribution is -2.00. The van der Waals surface area contributed by atoms with Crippen LogP contribution in [-0.2, 0) is 0 Å². The van der Waals surface area contributed by atoms with Crippen LogP contribution in [0.1, 0.15) is 17.9 Å². The van der Waals surface area contributed by atoms with E-state index in [9.17, 15) is 0 Å². The van der Waals surface area contributed by atoms with Crippen LogP contribution in [-0.4, -0.2) is 7.05 Å². The van der Waals surface area contributed by atoms with Gasteiger partial charge in [-0.2, -0.15) is 0 Å². The van der Waals surface area contributed by atoms with Gasteiger partial charge in [-0.3, -0.25) is 0 Å². The SMILES string of the molecule is CNc1ccc(OC(C)c2cccs2)cc1. The number of ether oxygens (including phenoxy) is 1. The van der Waals surface area contributed by atoms with Crippen LogP contribution >= 0.6 is 11.3 Å². The van der Waals surface area contributed by atoms with Gasteiger partial charge in [0.2, 0.25) is 0 Å². The maximum atomic E-state index is 5.84. The topological polar surface area (TPSA) is 21.3 Å². The van der Waals surface area contributed by atoms with Crippen molar-refractivity contribution >= 4 is 17.0 Å². The van der Waals surface area contributed by atoms with Crippen LogP contribution in [0, 0.1) is 0 Å². The Labute approximate surface area is 99.9 Å². The van der Waals surface area contributed by atoms with E-state index in [4.69, 9.17) is 4.74 Å². The molecular formula is C13H15NOS. The molecule has 1 unspecified atom stereocenters. The summed E-state index contributed by atoms with van der Waals surface area (Å²) < 4.78 is 5.84. The third kappa shape index (κ3) is 2.55. The van der Waals surface area contributed by atoms with E-state index in [0.29, 0.717) is 0 Å². The molecule has 0 aliphatic heterocycles. The first-order chi connectivity index (χ1) is 7.79. The minimum atomic E-state index is 0.112. The lowest BCUT2D eigenvalue weighted by molar-refractivity contribution is 0.231. The Kier molecular flexibility index (Phi) is 3.47. The fourth-order valence-electron chi connectivity index (χ4n) is 1.48. The molecule has 1 aromatic heterocycles. The maximum Gasteiger partial charge on any atom is 0.130 e. The van der Waals surface area contributed by atoms with Crippen molar-refractivity contribution in [3.05, 3.63) is 46.7 Å². The number of anilines is 1. The van der Waals surface area contributed by atoms with Crippen molar-refractivity contribution in [3.8, 4) is 5.75 Å². The Morgan fingerprint density at radius 1 is 1.19 bits per heavy atom. The van der Waals surface area contributed by atoms with Crippen LogP contribution in [0.4, 0.5) is 5.69 Å². The Hall–Kier alpha value is -1.48. The van der Waals surface area contributed by atoms with Crippen molar-refractivity contribution < 1.29 is 4.74 Å². The van der Waals surface area contributed by atoms with Gasteiger partial charge in [-0.05, 0) is 42.6 Å². The Morgan fingerprint density at radius 2 is 1.94 bits per heavy atom. The molecule has 2 nitrogen and oxygen atoms in total. The third-order valence-corrected chi connectivity index (χ3v) is 3.43. The summed E-state index contributed by atoms with van der Waals surface area (Å²) in [6, 6.07) is 12.1. The zero-order valence-electron chi connectivity index (χ0n) is 9.44. The molecule has 0 amide bonds. The second-order valence-electron chi connectivity index (χ2n) is 3.55. The van der Waals surface area contributed by atoms with Gasteiger partial charge in [0.05, 0.1) is 0 Å². The average Bonchev–Trinajstić information content (AvgIpc) is 2.83. The first-order valence-corrected chi connectivity index (χ1v) is 6.15. The van der Waals surface area contributed by atoms with Gasteiger partial charge in [0.1, 0.15) is 11.9 Å². The van der Waals surface area contributed by atoms with Crippen molar-refractivity contribution in [2.75, 3.05) is 12.4 Å². The molecule has 16 heavy (non-hydrogen) atoms. The highest BCUT2D eigenvalue weighted by atomic mass is 32.1. The maximum absolute atomic E-state index is 5.84. The highest BCUT2D eigenvalue weighted by Crippen LogP contribution is 2.25. The fourth-order valence-corrected chi connectivity index (χ4v) is 2.20. The summed E-state index contributed by atoms with van der Waals surface area (Å²) in [5.74, 6) is 0.903. The van der Waals surface area contributed by atoms with Crippen LogP contribution in [0.5, 0.6) is 5.75 Å². The molecule has 0 aliphatic rings. The summed E-state index contributed by atoms with van der Waals surface area (Å²) in [6.45, 7) is 2.07. The molecule has 0 spiro atoms. The number of hydrogen-bond acceptors (Lipinski definition) is 3. The van der Waals surface area contributed by atoms with E-state index < -0.39 is 0 Å². The van der Waals surface area contributed by atoms with Crippen LogP contribution < -0.4 is 10.1 Å². The minimum absolute atomic E-state index is 0.112. The van der Waals surface area contributed by atoms with Crippen LogP contribution in [0.3, 0.4) is 0 Å². The van der Waals surface area contributed by atoms with Gasteiger partial charge >= 0.3 is 0 Å². The van der Waals surface area contributed by atoms with E-state index in [2.05, 4.69) is 23.7 Å². The van der Waals surface area contributed by atoms with E-state index in [0.717, 1.165) is 11.4 Å². The molecule has 2 rings (SSSR count). The molecule has 0 saturated heterocycles. The van der Waals surface area contributed by atoms with Gasteiger partial charge in [-0.1, -0.05) is 6.07 Å². The molecule has 0 saturated carbocycles. The zero-order valence-corrected chi connectivity index (χ0v) is 10.3. The average molecular weight is 233 g/mol. The molecule has 0 bridgehead atoms. The molecule has 0 fully saturated rings. The fraction of sp³-hybridized carbons (Fsp3) is 0.231. The minimum Gasteiger partial charge on any atom is -0.485 e. The first-order valence-electron chi connectivity index (χ1n) is 5.27. The quantitative estimate of drug-likeness (QED) is 0.864. The van der Waals surface area contributed by atoms with Crippen molar-refractivity contribution in [1.29, 1.82) is 0 Å². The zero-order chi connectivity index (χ0) is 11.4. The number of benzene rings is 1. The van der Waals surface area contributed by atoms with E-state index in [1.54, 1.807) is 11.3 Å². The largest absolute Gasteiger partial charge is 0.485 e. The molecule has 1 atom stereocenters. The second-order valence-corrected chi connectivity index (χ2v) is 4.53. The monoisotopic (exact) mass is 233 g/mol. The van der Waals surface area contributed by atoms with Gasteiger partial charge in [-0.25, -0.2) is 0 Å². The lowest BCUT2D eigenvalue weighted by Gasteiger charge is -2.13. The van der Waals surface area contributed by atoms with Gasteiger partial charge in [-0.15, -0.1) is 11.3 Å². The molecule has 3 heteroatoms. The summed E-state index contributed by atoms with van der Waals surface area (Å²) >= 11 is 1.72. The summed E-state index contributed by atoms with van der Waals surface area (Å²) in [6.07, 6.45) is 0.112. The predicted molar refractivity (Wildman–Crippen MR) is 69.4 cm³/mol. The Balaban J connectivity index is 2.03. The molecular weight excluding hydrogens is 218 g/mol. The van der Waals surface area contributed by atoms with Crippen LogP contribution in [0.25, 0.3) is 0 Å². The highest BCUT2D eigenvalue weighted by Gasteiger charge is 2.07. The van der Waals surface area contributed by atoms with Crippen LogP contribution in [0.2, 0.25) is 0 Å². The van der Waals surface area contributed by atoms with Crippen LogP contribution in [0.15, 0.2) is 41.8 Å². The Morgan fingerprint density at radius 3 is 2.50 bits per heavy atom. The Bertz CT molecular complexity index is 422. The summed E-state index contributed by atoms with van der Waals surface area (Å²) in [5, 5.41) is 5.15. The smallest absolute Gasteiger partial charge is 0.130 e. The molecule has 0 aliphatic carbocycles. The lowest BCUT2D eigenvalue weighted by atomic mass is 10.3. The standard InChI is InChI=1S/C13H15NOS/c1-10(13-4-3-9-16-13)15-12-7-5-11(14-2)6-8-12/h3-10,14H,1-2H3. The van der Waals surface area contributed by atoms with Gasteiger partial charge < -0.3 is 10.1 Å². The van der Waals surface area contributed by atoms with E-state index in [1.165, 1.54) is 4.88 Å². The number of nitrogens with one attached hydrogen (secondary N) is 1. The number of thiophene rings is 1. The summed E-state index contributed by atoms with van der Waals surface area (Å²) in [4.78, 5) is 1.25. The van der Waals surface area contributed by atoms with Gasteiger partial charge in [0.15, 0.2) is 0 Å². The first kappa shape index (κ1) is 11.0. The van der Waals surface area contributed by atoms with E-state index >= 15 is 0 Å². The third-order valence-electron chi connectivity index (χ3n) is 2.40. The normalized spacial score (nSPS) is 12.1. The molecule has 1 aromatic carbocycles.